The van der Waals surface area contributed by atoms with Crippen LogP contribution in [0.25, 0.3) is 0 Å². The summed E-state index contributed by atoms with van der Waals surface area (Å²) in [5.74, 6) is 4.05. The number of hydrogen-bond donors (Lipinski definition) is 0. The van der Waals surface area contributed by atoms with Gasteiger partial charge in [0.25, 0.3) is 0 Å². The van der Waals surface area contributed by atoms with Crippen LogP contribution in [0.1, 0.15) is 105 Å². The van der Waals surface area contributed by atoms with Crippen molar-refractivity contribution in [2.75, 3.05) is 0 Å². The highest BCUT2D eigenvalue weighted by molar-refractivity contribution is 4.75. The molecule has 0 radical (unpaired) electrons. The van der Waals surface area contributed by atoms with Crippen molar-refractivity contribution >= 4 is 0 Å². The van der Waals surface area contributed by atoms with Crippen LogP contribution >= 0.6 is 0 Å². The summed E-state index contributed by atoms with van der Waals surface area (Å²) in [6.07, 6.45) is 17.7. The molecule has 0 heteroatoms. The van der Waals surface area contributed by atoms with Crippen molar-refractivity contribution in [2.24, 2.45) is 23.7 Å². The average molecular weight is 281 g/mol. The Kier molecular flexibility index (Phi) is 9.65. The van der Waals surface area contributed by atoms with Crippen LogP contribution in [-0.2, 0) is 0 Å². The molecule has 0 heterocycles. The van der Waals surface area contributed by atoms with Crippen molar-refractivity contribution in [3.63, 3.8) is 0 Å². The molecule has 0 saturated heterocycles. The lowest BCUT2D eigenvalue weighted by Crippen LogP contribution is -2.16. The van der Waals surface area contributed by atoms with Crippen LogP contribution in [0.15, 0.2) is 0 Å². The molecule has 0 aromatic rings. The van der Waals surface area contributed by atoms with Crippen LogP contribution in [0.5, 0.6) is 0 Å². The summed E-state index contributed by atoms with van der Waals surface area (Å²) in [4.78, 5) is 0. The molecule has 0 aliphatic heterocycles. The first-order chi connectivity index (χ1) is 9.71. The quantitative estimate of drug-likeness (QED) is 0.391. The van der Waals surface area contributed by atoms with E-state index < -0.39 is 0 Å². The second-order valence-electron chi connectivity index (χ2n) is 7.55. The van der Waals surface area contributed by atoms with Gasteiger partial charge in [-0.05, 0) is 30.1 Å². The molecular weight excluding hydrogens is 240 g/mol. The summed E-state index contributed by atoms with van der Waals surface area (Å²) >= 11 is 0. The van der Waals surface area contributed by atoms with Crippen LogP contribution in [0.3, 0.4) is 0 Å². The van der Waals surface area contributed by atoms with Gasteiger partial charge in [-0.1, -0.05) is 98.3 Å². The van der Waals surface area contributed by atoms with Gasteiger partial charge in [0.15, 0.2) is 0 Å². The van der Waals surface area contributed by atoms with Crippen LogP contribution < -0.4 is 0 Å². The van der Waals surface area contributed by atoms with E-state index in [1.54, 1.807) is 0 Å². The highest BCUT2D eigenvalue weighted by Gasteiger charge is 2.23. The minimum Gasteiger partial charge on any atom is -0.0654 e. The Hall–Kier alpha value is 0. The summed E-state index contributed by atoms with van der Waals surface area (Å²) in [6, 6.07) is 0. The van der Waals surface area contributed by atoms with E-state index in [1.165, 1.54) is 77.0 Å². The Bertz CT molecular complexity index is 220. The zero-order valence-electron chi connectivity index (χ0n) is 14.8. The molecule has 1 aliphatic rings. The normalized spacial score (nSPS) is 27.0. The third-order valence-electron chi connectivity index (χ3n) is 5.88. The van der Waals surface area contributed by atoms with E-state index in [2.05, 4.69) is 27.7 Å². The summed E-state index contributed by atoms with van der Waals surface area (Å²) in [5, 5.41) is 0. The summed E-state index contributed by atoms with van der Waals surface area (Å²) < 4.78 is 0. The van der Waals surface area contributed by atoms with E-state index >= 15 is 0 Å². The third kappa shape index (κ3) is 6.64. The molecule has 0 aromatic carbocycles. The largest absolute Gasteiger partial charge is 0.0654 e. The zero-order valence-corrected chi connectivity index (χ0v) is 14.8. The number of hydrogen-bond acceptors (Lipinski definition) is 0. The highest BCUT2D eigenvalue weighted by Crippen LogP contribution is 2.36. The molecule has 0 spiro atoms. The predicted octanol–water partition coefficient (Wildman–Crippen LogP) is 7.23. The standard InChI is InChI=1S/C20H40/c1-5-8-11-17(4)20(7-3)16-19-13-9-12-18(10-6-2)14-15-19/h17-20H,5-16H2,1-4H3. The summed E-state index contributed by atoms with van der Waals surface area (Å²) in [7, 11) is 0. The van der Waals surface area contributed by atoms with Crippen molar-refractivity contribution < 1.29 is 0 Å². The third-order valence-corrected chi connectivity index (χ3v) is 5.88. The molecule has 1 aliphatic carbocycles. The van der Waals surface area contributed by atoms with Crippen LogP contribution in [0.2, 0.25) is 0 Å². The predicted molar refractivity (Wildman–Crippen MR) is 92.1 cm³/mol. The minimum absolute atomic E-state index is 0.953. The van der Waals surface area contributed by atoms with Crippen molar-refractivity contribution in [2.45, 2.75) is 105 Å². The van der Waals surface area contributed by atoms with Crippen molar-refractivity contribution in [3.8, 4) is 0 Å². The maximum absolute atomic E-state index is 2.51. The van der Waals surface area contributed by atoms with Crippen LogP contribution in [-0.4, -0.2) is 0 Å². The molecule has 1 rings (SSSR count). The number of unbranched alkanes of at least 4 members (excludes halogenated alkanes) is 1. The molecule has 120 valence electrons. The molecule has 1 saturated carbocycles. The first-order valence-corrected chi connectivity index (χ1v) is 9.71. The van der Waals surface area contributed by atoms with Gasteiger partial charge in [0.05, 0.1) is 0 Å². The van der Waals surface area contributed by atoms with E-state index in [9.17, 15) is 0 Å². The highest BCUT2D eigenvalue weighted by atomic mass is 14.3. The van der Waals surface area contributed by atoms with Gasteiger partial charge in [-0.15, -0.1) is 0 Å². The Labute approximate surface area is 129 Å². The first kappa shape index (κ1) is 18.1. The maximum Gasteiger partial charge on any atom is -0.0388 e. The fourth-order valence-corrected chi connectivity index (χ4v) is 4.38. The van der Waals surface area contributed by atoms with Gasteiger partial charge in [0.1, 0.15) is 0 Å². The molecule has 1 fully saturated rings. The summed E-state index contributed by atoms with van der Waals surface area (Å²) in [5.41, 5.74) is 0. The van der Waals surface area contributed by atoms with Gasteiger partial charge >= 0.3 is 0 Å². The maximum atomic E-state index is 2.51. The van der Waals surface area contributed by atoms with Crippen LogP contribution in [0.4, 0.5) is 0 Å². The second kappa shape index (κ2) is 10.7. The average Bonchev–Trinajstić information content (AvgIpc) is 2.68. The molecular formula is C20H40. The van der Waals surface area contributed by atoms with E-state index in [4.69, 9.17) is 0 Å². The van der Waals surface area contributed by atoms with Crippen molar-refractivity contribution in [3.05, 3.63) is 0 Å². The lowest BCUT2D eigenvalue weighted by atomic mass is 9.79. The van der Waals surface area contributed by atoms with Crippen LogP contribution in [0, 0.1) is 23.7 Å². The lowest BCUT2D eigenvalue weighted by Gasteiger charge is -2.27. The molecule has 0 amide bonds. The molecule has 0 N–H and O–H groups in total. The van der Waals surface area contributed by atoms with Gasteiger partial charge in [0, 0.05) is 0 Å². The molecule has 4 atom stereocenters. The lowest BCUT2D eigenvalue weighted by molar-refractivity contribution is 0.243. The molecule has 0 nitrogen and oxygen atoms in total. The van der Waals surface area contributed by atoms with Gasteiger partial charge in [0.2, 0.25) is 0 Å². The monoisotopic (exact) mass is 280 g/mol. The van der Waals surface area contributed by atoms with Gasteiger partial charge in [-0.2, -0.15) is 0 Å². The van der Waals surface area contributed by atoms with E-state index in [1.807, 2.05) is 0 Å². The van der Waals surface area contributed by atoms with E-state index in [0.29, 0.717) is 0 Å². The number of rotatable bonds is 9. The van der Waals surface area contributed by atoms with Crippen molar-refractivity contribution in [1.82, 2.24) is 0 Å². The first-order valence-electron chi connectivity index (χ1n) is 9.71. The smallest absolute Gasteiger partial charge is 0.0388 e. The Morgan fingerprint density at radius 3 is 2.25 bits per heavy atom. The van der Waals surface area contributed by atoms with E-state index in [0.717, 1.165) is 23.7 Å². The van der Waals surface area contributed by atoms with E-state index in [-0.39, 0.29) is 0 Å². The van der Waals surface area contributed by atoms with Gasteiger partial charge in [-0.25, -0.2) is 0 Å². The molecule has 0 aromatic heterocycles. The SMILES string of the molecule is CCCCC(C)C(CC)CC1CCCC(CCC)CC1. The van der Waals surface area contributed by atoms with Gasteiger partial charge in [-0.3, -0.25) is 0 Å². The molecule has 20 heavy (non-hydrogen) atoms. The zero-order chi connectivity index (χ0) is 14.8. The Morgan fingerprint density at radius 1 is 0.900 bits per heavy atom. The van der Waals surface area contributed by atoms with Crippen molar-refractivity contribution in [1.29, 1.82) is 0 Å². The topological polar surface area (TPSA) is 0 Å². The minimum atomic E-state index is 0.953. The molecule has 0 bridgehead atoms. The van der Waals surface area contributed by atoms with Gasteiger partial charge < -0.3 is 0 Å². The summed E-state index contributed by atoms with van der Waals surface area (Å²) in [6.45, 7) is 9.61. The Morgan fingerprint density at radius 2 is 1.60 bits per heavy atom. The fourth-order valence-electron chi connectivity index (χ4n) is 4.38. The fraction of sp³-hybridized carbons (Fsp3) is 1.00. The Balaban J connectivity index is 2.37. The second-order valence-corrected chi connectivity index (χ2v) is 7.55. The molecule has 4 unspecified atom stereocenters.